The van der Waals surface area contributed by atoms with E-state index in [1.54, 1.807) is 6.26 Å². The standard InChI is InChI=1S/C21H19ClN2O2/c1-14-5-8-20(15(2)10-14)26-13-21-23-18-7-6-16(22)11-19(18)24(21)12-17-4-3-9-25-17/h3-11H,12-13H2,1-2H3. The van der Waals surface area contributed by atoms with Crippen LogP contribution in [-0.2, 0) is 13.2 Å². The summed E-state index contributed by atoms with van der Waals surface area (Å²) < 4.78 is 13.7. The van der Waals surface area contributed by atoms with Gasteiger partial charge in [0.25, 0.3) is 0 Å². The Morgan fingerprint density at radius 1 is 1.12 bits per heavy atom. The summed E-state index contributed by atoms with van der Waals surface area (Å²) in [6.07, 6.45) is 1.67. The van der Waals surface area contributed by atoms with E-state index in [-0.39, 0.29) is 0 Å². The van der Waals surface area contributed by atoms with Crippen LogP contribution in [0.4, 0.5) is 0 Å². The molecule has 132 valence electrons. The normalized spacial score (nSPS) is 11.2. The molecule has 0 bridgehead atoms. The van der Waals surface area contributed by atoms with Gasteiger partial charge in [0.2, 0.25) is 0 Å². The number of aryl methyl sites for hydroxylation is 2. The number of furan rings is 1. The maximum Gasteiger partial charge on any atom is 0.148 e. The molecule has 0 amide bonds. The van der Waals surface area contributed by atoms with Crippen molar-refractivity contribution < 1.29 is 9.15 Å². The van der Waals surface area contributed by atoms with Crippen LogP contribution in [-0.4, -0.2) is 9.55 Å². The maximum absolute atomic E-state index is 6.19. The minimum atomic E-state index is 0.372. The molecule has 2 aromatic heterocycles. The van der Waals surface area contributed by atoms with Crippen LogP contribution in [0.15, 0.2) is 59.2 Å². The summed E-state index contributed by atoms with van der Waals surface area (Å²) in [6, 6.07) is 15.7. The lowest BCUT2D eigenvalue weighted by molar-refractivity contribution is 0.288. The number of fused-ring (bicyclic) bond motifs is 1. The van der Waals surface area contributed by atoms with Crippen molar-refractivity contribution >= 4 is 22.6 Å². The molecule has 4 rings (SSSR count). The Morgan fingerprint density at radius 3 is 2.77 bits per heavy atom. The van der Waals surface area contributed by atoms with Crippen LogP contribution >= 0.6 is 11.6 Å². The van der Waals surface area contributed by atoms with Gasteiger partial charge in [0, 0.05) is 5.02 Å². The van der Waals surface area contributed by atoms with E-state index in [4.69, 9.17) is 25.7 Å². The summed E-state index contributed by atoms with van der Waals surface area (Å²) in [5.41, 5.74) is 4.18. The van der Waals surface area contributed by atoms with Crippen molar-refractivity contribution in [2.75, 3.05) is 0 Å². The van der Waals surface area contributed by atoms with E-state index in [2.05, 4.69) is 17.6 Å². The summed E-state index contributed by atoms with van der Waals surface area (Å²) in [6.45, 7) is 5.07. The molecule has 0 aliphatic heterocycles. The van der Waals surface area contributed by atoms with Gasteiger partial charge in [0.05, 0.1) is 23.8 Å². The largest absolute Gasteiger partial charge is 0.485 e. The van der Waals surface area contributed by atoms with E-state index in [0.29, 0.717) is 18.2 Å². The number of hydrogen-bond acceptors (Lipinski definition) is 3. The molecule has 0 saturated carbocycles. The van der Waals surface area contributed by atoms with Gasteiger partial charge in [-0.3, -0.25) is 0 Å². The predicted octanol–water partition coefficient (Wildman–Crippen LogP) is 5.53. The third-order valence-corrected chi connectivity index (χ3v) is 4.61. The van der Waals surface area contributed by atoms with Gasteiger partial charge in [0.15, 0.2) is 0 Å². The van der Waals surface area contributed by atoms with Gasteiger partial charge in [-0.2, -0.15) is 0 Å². The fraction of sp³-hybridized carbons (Fsp3) is 0.190. The van der Waals surface area contributed by atoms with Crippen molar-refractivity contribution in [3.05, 3.63) is 82.5 Å². The summed E-state index contributed by atoms with van der Waals surface area (Å²) in [5.74, 6) is 2.56. The third kappa shape index (κ3) is 3.33. The molecule has 2 heterocycles. The summed E-state index contributed by atoms with van der Waals surface area (Å²) in [5, 5.41) is 0.681. The molecule has 26 heavy (non-hydrogen) atoms. The second-order valence-corrected chi connectivity index (χ2v) is 6.82. The van der Waals surface area contributed by atoms with Gasteiger partial charge in [0.1, 0.15) is 23.9 Å². The lowest BCUT2D eigenvalue weighted by atomic mass is 10.1. The minimum Gasteiger partial charge on any atom is -0.485 e. The van der Waals surface area contributed by atoms with Gasteiger partial charge in [-0.05, 0) is 55.8 Å². The highest BCUT2D eigenvalue weighted by Crippen LogP contribution is 2.24. The van der Waals surface area contributed by atoms with Gasteiger partial charge in [-0.1, -0.05) is 29.3 Å². The molecule has 0 fully saturated rings. The third-order valence-electron chi connectivity index (χ3n) is 4.37. The first-order chi connectivity index (χ1) is 12.6. The quantitative estimate of drug-likeness (QED) is 0.466. The number of rotatable bonds is 5. The molecule has 0 aliphatic rings. The summed E-state index contributed by atoms with van der Waals surface area (Å²) in [7, 11) is 0. The first kappa shape index (κ1) is 16.7. The zero-order chi connectivity index (χ0) is 18.1. The highest BCUT2D eigenvalue weighted by atomic mass is 35.5. The fourth-order valence-corrected chi connectivity index (χ4v) is 3.26. The molecule has 0 saturated heterocycles. The second kappa shape index (κ2) is 6.89. The number of nitrogens with zero attached hydrogens (tertiary/aromatic N) is 2. The Balaban J connectivity index is 1.69. The maximum atomic E-state index is 6.19. The highest BCUT2D eigenvalue weighted by molar-refractivity contribution is 6.31. The number of benzene rings is 2. The van der Waals surface area contributed by atoms with Crippen LogP contribution < -0.4 is 4.74 Å². The summed E-state index contributed by atoms with van der Waals surface area (Å²) in [4.78, 5) is 4.73. The zero-order valence-corrected chi connectivity index (χ0v) is 15.5. The van der Waals surface area contributed by atoms with Gasteiger partial charge < -0.3 is 13.7 Å². The number of halogens is 1. The van der Waals surface area contributed by atoms with Crippen molar-refractivity contribution in [2.45, 2.75) is 27.0 Å². The Labute approximate surface area is 157 Å². The number of ether oxygens (including phenoxy) is 1. The highest BCUT2D eigenvalue weighted by Gasteiger charge is 2.14. The average molecular weight is 367 g/mol. The van der Waals surface area contributed by atoms with Crippen LogP contribution in [0.5, 0.6) is 5.75 Å². The zero-order valence-electron chi connectivity index (χ0n) is 14.7. The molecule has 0 atom stereocenters. The number of hydrogen-bond donors (Lipinski definition) is 0. The Hall–Kier alpha value is -2.72. The molecular weight excluding hydrogens is 348 g/mol. The SMILES string of the molecule is Cc1ccc(OCc2nc3ccc(Cl)cc3n2Cc2ccco2)c(C)c1. The predicted molar refractivity (Wildman–Crippen MR) is 103 cm³/mol. The number of aromatic nitrogens is 2. The minimum absolute atomic E-state index is 0.372. The molecule has 0 radical (unpaired) electrons. The molecular formula is C21H19ClN2O2. The molecule has 4 nitrogen and oxygen atoms in total. The lowest BCUT2D eigenvalue weighted by Gasteiger charge is -2.11. The van der Waals surface area contributed by atoms with Crippen LogP contribution in [0.1, 0.15) is 22.7 Å². The topological polar surface area (TPSA) is 40.2 Å². The van der Waals surface area contributed by atoms with E-state index in [1.165, 1.54) is 5.56 Å². The van der Waals surface area contributed by atoms with E-state index < -0.39 is 0 Å². The van der Waals surface area contributed by atoms with Gasteiger partial charge >= 0.3 is 0 Å². The van der Waals surface area contributed by atoms with Crippen molar-refractivity contribution in [1.82, 2.24) is 9.55 Å². The number of imidazole rings is 1. The van der Waals surface area contributed by atoms with Gasteiger partial charge in [-0.25, -0.2) is 4.98 Å². The first-order valence-corrected chi connectivity index (χ1v) is 8.85. The van der Waals surface area contributed by atoms with E-state index in [1.807, 2.05) is 49.4 Å². The molecule has 2 aromatic carbocycles. The Bertz CT molecular complexity index is 1050. The molecule has 0 aliphatic carbocycles. The molecule has 4 aromatic rings. The van der Waals surface area contributed by atoms with Crippen LogP contribution in [0.25, 0.3) is 11.0 Å². The molecule has 0 spiro atoms. The lowest BCUT2D eigenvalue weighted by Crippen LogP contribution is -2.08. The molecule has 5 heteroatoms. The monoisotopic (exact) mass is 366 g/mol. The van der Waals surface area contributed by atoms with Crippen LogP contribution in [0.3, 0.4) is 0 Å². The average Bonchev–Trinajstić information content (AvgIpc) is 3.23. The summed E-state index contributed by atoms with van der Waals surface area (Å²) >= 11 is 6.19. The van der Waals surface area contributed by atoms with E-state index >= 15 is 0 Å². The van der Waals surface area contributed by atoms with E-state index in [9.17, 15) is 0 Å². The first-order valence-electron chi connectivity index (χ1n) is 8.47. The van der Waals surface area contributed by atoms with Crippen LogP contribution in [0.2, 0.25) is 5.02 Å². The van der Waals surface area contributed by atoms with E-state index in [0.717, 1.165) is 33.9 Å². The fourth-order valence-electron chi connectivity index (χ4n) is 3.09. The van der Waals surface area contributed by atoms with Crippen molar-refractivity contribution in [2.24, 2.45) is 0 Å². The van der Waals surface area contributed by atoms with Crippen LogP contribution in [0, 0.1) is 13.8 Å². The Kier molecular flexibility index (Phi) is 4.43. The van der Waals surface area contributed by atoms with Crippen molar-refractivity contribution in [3.63, 3.8) is 0 Å². The van der Waals surface area contributed by atoms with Crippen molar-refractivity contribution in [3.8, 4) is 5.75 Å². The van der Waals surface area contributed by atoms with Crippen molar-refractivity contribution in [1.29, 1.82) is 0 Å². The smallest absolute Gasteiger partial charge is 0.148 e. The molecule has 0 unspecified atom stereocenters. The second-order valence-electron chi connectivity index (χ2n) is 6.38. The Morgan fingerprint density at radius 2 is 2.00 bits per heavy atom. The molecule has 0 N–H and O–H groups in total. The van der Waals surface area contributed by atoms with Gasteiger partial charge in [-0.15, -0.1) is 0 Å².